The minimum atomic E-state index is 1.11. The Morgan fingerprint density at radius 3 is 2.67 bits per heavy atom. The lowest BCUT2D eigenvalue weighted by Crippen LogP contribution is -2.14. The Hall–Kier alpha value is -1.28. The van der Waals surface area contributed by atoms with E-state index in [1.807, 2.05) is 0 Å². The molecule has 1 aromatic heterocycles. The first-order valence-electron chi connectivity index (χ1n) is 6.94. The summed E-state index contributed by atoms with van der Waals surface area (Å²) in [4.78, 5) is 2.25. The molecule has 0 saturated carbocycles. The van der Waals surface area contributed by atoms with Gasteiger partial charge in [0.2, 0.25) is 0 Å². The van der Waals surface area contributed by atoms with Gasteiger partial charge in [-0.15, -0.1) is 0 Å². The van der Waals surface area contributed by atoms with Gasteiger partial charge in [-0.2, -0.15) is 0 Å². The van der Waals surface area contributed by atoms with Gasteiger partial charge in [-0.3, -0.25) is 0 Å². The highest BCUT2D eigenvalue weighted by Crippen LogP contribution is 2.22. The van der Waals surface area contributed by atoms with Crippen LogP contribution in [0.2, 0.25) is 0 Å². The van der Waals surface area contributed by atoms with Crippen LogP contribution in [-0.4, -0.2) is 30.1 Å². The highest BCUT2D eigenvalue weighted by Gasteiger charge is 2.07. The van der Waals surface area contributed by atoms with Crippen LogP contribution in [0.1, 0.15) is 25.3 Å². The van der Waals surface area contributed by atoms with Crippen LogP contribution >= 0.6 is 0 Å². The second-order valence-electron chi connectivity index (χ2n) is 5.27. The number of nitrogens with zero attached hydrogens (tertiary/aromatic N) is 2. The van der Waals surface area contributed by atoms with Crippen molar-refractivity contribution in [1.29, 1.82) is 0 Å². The van der Waals surface area contributed by atoms with Gasteiger partial charge in [0.1, 0.15) is 0 Å². The maximum Gasteiger partial charge on any atom is 0.0483 e. The molecule has 0 bridgehead atoms. The monoisotopic (exact) mass is 244 g/mol. The van der Waals surface area contributed by atoms with Crippen LogP contribution in [0.5, 0.6) is 0 Å². The molecule has 2 rings (SSSR count). The second-order valence-corrected chi connectivity index (χ2v) is 5.27. The van der Waals surface area contributed by atoms with Crippen molar-refractivity contribution in [2.75, 3.05) is 20.6 Å². The SMILES string of the molecule is CCCCn1cc(CCN(C)C)c2ccccc21. The lowest BCUT2D eigenvalue weighted by Gasteiger charge is -2.07. The van der Waals surface area contributed by atoms with E-state index >= 15 is 0 Å². The van der Waals surface area contributed by atoms with E-state index < -0.39 is 0 Å². The summed E-state index contributed by atoms with van der Waals surface area (Å²) >= 11 is 0. The average Bonchev–Trinajstić information content (AvgIpc) is 2.72. The molecule has 0 aliphatic heterocycles. The third-order valence-electron chi connectivity index (χ3n) is 3.45. The Morgan fingerprint density at radius 1 is 1.17 bits per heavy atom. The van der Waals surface area contributed by atoms with Gasteiger partial charge in [0.25, 0.3) is 0 Å². The fourth-order valence-electron chi connectivity index (χ4n) is 2.38. The summed E-state index contributed by atoms with van der Waals surface area (Å²) in [6, 6.07) is 8.78. The number of rotatable bonds is 6. The number of aryl methyl sites for hydroxylation is 1. The largest absolute Gasteiger partial charge is 0.347 e. The minimum Gasteiger partial charge on any atom is -0.347 e. The maximum absolute atomic E-state index is 2.42. The van der Waals surface area contributed by atoms with E-state index in [4.69, 9.17) is 0 Å². The summed E-state index contributed by atoms with van der Waals surface area (Å²) in [6.07, 6.45) is 5.99. The summed E-state index contributed by atoms with van der Waals surface area (Å²) in [7, 11) is 4.27. The molecular weight excluding hydrogens is 220 g/mol. The van der Waals surface area contributed by atoms with Crippen LogP contribution in [-0.2, 0) is 13.0 Å². The van der Waals surface area contributed by atoms with Crippen LogP contribution in [0.3, 0.4) is 0 Å². The van der Waals surface area contributed by atoms with Crippen molar-refractivity contribution in [3.63, 3.8) is 0 Å². The van der Waals surface area contributed by atoms with Crippen molar-refractivity contribution in [2.24, 2.45) is 0 Å². The molecule has 0 amide bonds. The fourth-order valence-corrected chi connectivity index (χ4v) is 2.38. The molecule has 0 radical (unpaired) electrons. The summed E-state index contributed by atoms with van der Waals surface area (Å²) in [6.45, 7) is 4.50. The van der Waals surface area contributed by atoms with Crippen LogP contribution < -0.4 is 0 Å². The first-order chi connectivity index (χ1) is 8.72. The molecule has 0 aliphatic rings. The van der Waals surface area contributed by atoms with Gasteiger partial charge in [0.05, 0.1) is 0 Å². The smallest absolute Gasteiger partial charge is 0.0483 e. The summed E-state index contributed by atoms with van der Waals surface area (Å²) in [5.74, 6) is 0. The molecule has 0 spiro atoms. The summed E-state index contributed by atoms with van der Waals surface area (Å²) < 4.78 is 2.42. The highest BCUT2D eigenvalue weighted by molar-refractivity contribution is 5.84. The van der Waals surface area contributed by atoms with Crippen LogP contribution in [0.4, 0.5) is 0 Å². The number of hydrogen-bond donors (Lipinski definition) is 0. The molecule has 1 aromatic carbocycles. The molecule has 0 unspecified atom stereocenters. The number of unbranched alkanes of at least 4 members (excludes halogenated alkanes) is 1. The van der Waals surface area contributed by atoms with E-state index in [0.717, 1.165) is 19.5 Å². The molecule has 1 heterocycles. The molecule has 18 heavy (non-hydrogen) atoms. The molecule has 0 saturated heterocycles. The van der Waals surface area contributed by atoms with Crippen LogP contribution in [0.15, 0.2) is 30.5 Å². The van der Waals surface area contributed by atoms with E-state index in [-0.39, 0.29) is 0 Å². The van der Waals surface area contributed by atoms with Crippen molar-refractivity contribution in [3.05, 3.63) is 36.0 Å². The van der Waals surface area contributed by atoms with Gasteiger partial charge in [-0.05, 0) is 38.6 Å². The topological polar surface area (TPSA) is 8.17 Å². The standard InChI is InChI=1S/C16H24N2/c1-4-5-11-18-13-14(10-12-17(2)3)15-8-6-7-9-16(15)18/h6-9,13H,4-5,10-12H2,1-3H3. The first kappa shape index (κ1) is 13.2. The van der Waals surface area contributed by atoms with Gasteiger partial charge in [0.15, 0.2) is 0 Å². The predicted octanol–water partition coefficient (Wildman–Crippen LogP) is 3.55. The van der Waals surface area contributed by atoms with Crippen molar-refractivity contribution >= 4 is 10.9 Å². The molecular formula is C16H24N2. The average molecular weight is 244 g/mol. The van der Waals surface area contributed by atoms with Crippen molar-refractivity contribution in [3.8, 4) is 0 Å². The first-order valence-corrected chi connectivity index (χ1v) is 6.94. The van der Waals surface area contributed by atoms with Crippen molar-refractivity contribution < 1.29 is 0 Å². The number of benzene rings is 1. The summed E-state index contributed by atoms with van der Waals surface area (Å²) in [5.41, 5.74) is 2.87. The van der Waals surface area contributed by atoms with Gasteiger partial charge < -0.3 is 9.47 Å². The normalized spacial score (nSPS) is 11.6. The van der Waals surface area contributed by atoms with Gasteiger partial charge in [-0.25, -0.2) is 0 Å². The number of hydrogen-bond acceptors (Lipinski definition) is 1. The molecule has 0 fully saturated rings. The molecule has 2 heteroatoms. The Bertz CT molecular complexity index is 497. The summed E-state index contributed by atoms with van der Waals surface area (Å²) in [5, 5.41) is 1.43. The van der Waals surface area contributed by atoms with Crippen molar-refractivity contribution in [1.82, 2.24) is 9.47 Å². The quantitative estimate of drug-likeness (QED) is 0.754. The van der Waals surface area contributed by atoms with Gasteiger partial charge in [-0.1, -0.05) is 31.5 Å². The lowest BCUT2D eigenvalue weighted by atomic mass is 10.1. The maximum atomic E-state index is 2.42. The van der Waals surface area contributed by atoms with Gasteiger partial charge in [0, 0.05) is 30.2 Å². The van der Waals surface area contributed by atoms with Gasteiger partial charge >= 0.3 is 0 Å². The number of aromatic nitrogens is 1. The van der Waals surface area contributed by atoms with Crippen LogP contribution in [0.25, 0.3) is 10.9 Å². The Balaban J connectivity index is 2.28. The third kappa shape index (κ3) is 2.94. The third-order valence-corrected chi connectivity index (χ3v) is 3.45. The number of fused-ring (bicyclic) bond motifs is 1. The zero-order valence-electron chi connectivity index (χ0n) is 11.8. The fraction of sp³-hybridized carbons (Fsp3) is 0.500. The Labute approximate surface area is 110 Å². The zero-order valence-corrected chi connectivity index (χ0v) is 11.8. The number of para-hydroxylation sites is 1. The molecule has 98 valence electrons. The van der Waals surface area contributed by atoms with Crippen LogP contribution in [0, 0.1) is 0 Å². The predicted molar refractivity (Wildman–Crippen MR) is 79.1 cm³/mol. The minimum absolute atomic E-state index is 1.11. The Morgan fingerprint density at radius 2 is 1.94 bits per heavy atom. The second kappa shape index (κ2) is 6.05. The van der Waals surface area contributed by atoms with E-state index in [9.17, 15) is 0 Å². The Kier molecular flexibility index (Phi) is 4.43. The molecule has 2 aromatic rings. The van der Waals surface area contributed by atoms with E-state index in [1.165, 1.54) is 29.3 Å². The molecule has 0 N–H and O–H groups in total. The number of likely N-dealkylation sites (N-methyl/N-ethyl adjacent to an activating group) is 1. The van der Waals surface area contributed by atoms with Crippen molar-refractivity contribution in [2.45, 2.75) is 32.7 Å². The van der Waals surface area contributed by atoms with E-state index in [0.29, 0.717) is 0 Å². The lowest BCUT2D eigenvalue weighted by molar-refractivity contribution is 0.414. The highest BCUT2D eigenvalue weighted by atomic mass is 15.0. The molecule has 0 aliphatic carbocycles. The van der Waals surface area contributed by atoms with E-state index in [2.05, 4.69) is 60.9 Å². The van der Waals surface area contributed by atoms with E-state index in [1.54, 1.807) is 0 Å². The molecule has 0 atom stereocenters. The molecule has 2 nitrogen and oxygen atoms in total. The zero-order chi connectivity index (χ0) is 13.0.